The van der Waals surface area contributed by atoms with E-state index in [4.69, 9.17) is 19.4 Å². The molecule has 4 heteroatoms. The van der Waals surface area contributed by atoms with Gasteiger partial charge in [-0.05, 0) is 80.1 Å². The summed E-state index contributed by atoms with van der Waals surface area (Å²) in [4.78, 5) is 15.2. The maximum Gasteiger partial charge on any atom is 0.164 e. The van der Waals surface area contributed by atoms with E-state index in [1.807, 2.05) is 42.5 Å². The van der Waals surface area contributed by atoms with E-state index in [1.165, 1.54) is 38.4 Å². The maximum atomic E-state index is 6.62. The highest BCUT2D eigenvalue weighted by atomic mass is 16.3. The molecule has 0 fully saturated rings. The van der Waals surface area contributed by atoms with Gasteiger partial charge in [0.25, 0.3) is 0 Å². The standard InChI is InChI=1S/C47H29N3O/c1-2-11-29(12-3-1)45-48-46(32-21-20-28-10-4-5-13-30(28)26-32)50-47(49-45)40-18-9-19-41-44(40)39-23-22-31(27-42(39)51-41)33-24-25-38-35-15-7-6-14-34(35)37-17-8-16-36(33)43(37)38/h1-14,16-27,35H,15H2. The topological polar surface area (TPSA) is 51.8 Å². The highest BCUT2D eigenvalue weighted by Gasteiger charge is 2.30. The molecule has 0 amide bonds. The molecule has 11 rings (SSSR count). The quantitative estimate of drug-likeness (QED) is 0.190. The zero-order valence-electron chi connectivity index (χ0n) is 27.5. The van der Waals surface area contributed by atoms with Crippen LogP contribution in [0.15, 0.2) is 162 Å². The third kappa shape index (κ3) is 4.36. The fourth-order valence-electron chi connectivity index (χ4n) is 8.27. The number of nitrogens with zero attached hydrogens (tertiary/aromatic N) is 3. The van der Waals surface area contributed by atoms with E-state index >= 15 is 0 Å². The van der Waals surface area contributed by atoms with E-state index in [2.05, 4.69) is 115 Å². The molecule has 2 aliphatic carbocycles. The minimum atomic E-state index is 0.444. The smallest absolute Gasteiger partial charge is 0.164 e. The first-order valence-electron chi connectivity index (χ1n) is 17.5. The van der Waals surface area contributed by atoms with E-state index in [0.29, 0.717) is 23.4 Å². The third-order valence-electron chi connectivity index (χ3n) is 10.6. The summed E-state index contributed by atoms with van der Waals surface area (Å²) in [6.45, 7) is 0. The molecule has 0 saturated heterocycles. The molecule has 0 N–H and O–H groups in total. The minimum Gasteiger partial charge on any atom is -0.456 e. The second kappa shape index (κ2) is 10.9. The Balaban J connectivity index is 1.08. The van der Waals surface area contributed by atoms with Crippen molar-refractivity contribution in [1.82, 2.24) is 15.0 Å². The van der Waals surface area contributed by atoms with Gasteiger partial charge in [0.1, 0.15) is 11.2 Å². The molecule has 2 aliphatic rings. The minimum absolute atomic E-state index is 0.444. The van der Waals surface area contributed by atoms with Crippen molar-refractivity contribution in [3.8, 4) is 45.3 Å². The second-order valence-corrected chi connectivity index (χ2v) is 13.5. The Labute approximate surface area is 294 Å². The summed E-state index contributed by atoms with van der Waals surface area (Å²) in [7, 11) is 0. The van der Waals surface area contributed by atoms with Crippen LogP contribution in [-0.2, 0) is 0 Å². The SMILES string of the molecule is C1=CCC2C(=C1)c1cccc3c(-c4ccc5c(c4)oc4cccc(-c6nc(-c7ccccc7)nc(-c7ccc8ccccc8c7)n6)c45)ccc2c13. The maximum absolute atomic E-state index is 6.62. The lowest BCUT2D eigenvalue weighted by molar-refractivity contribution is 0.669. The zero-order chi connectivity index (χ0) is 33.5. The summed E-state index contributed by atoms with van der Waals surface area (Å²) in [5, 5.41) is 7.02. The first-order valence-corrected chi connectivity index (χ1v) is 17.5. The third-order valence-corrected chi connectivity index (χ3v) is 10.6. The van der Waals surface area contributed by atoms with Crippen LogP contribution >= 0.6 is 0 Å². The molecule has 9 aromatic rings. The van der Waals surface area contributed by atoms with Crippen LogP contribution in [-0.4, -0.2) is 15.0 Å². The number of benzene rings is 7. The van der Waals surface area contributed by atoms with E-state index in [0.717, 1.165) is 56.0 Å². The predicted molar refractivity (Wildman–Crippen MR) is 208 cm³/mol. The van der Waals surface area contributed by atoms with Crippen molar-refractivity contribution >= 4 is 49.1 Å². The first kappa shape index (κ1) is 28.2. The molecule has 0 saturated carbocycles. The van der Waals surface area contributed by atoms with Crippen molar-refractivity contribution < 1.29 is 4.42 Å². The lowest BCUT2D eigenvalue weighted by Crippen LogP contribution is -2.00. The fraction of sp³-hybridized carbons (Fsp3) is 0.0426. The average molecular weight is 652 g/mol. The van der Waals surface area contributed by atoms with Gasteiger partial charge < -0.3 is 4.42 Å². The van der Waals surface area contributed by atoms with Crippen LogP contribution in [0.25, 0.3) is 94.3 Å². The fourth-order valence-corrected chi connectivity index (χ4v) is 8.27. The molecule has 238 valence electrons. The van der Waals surface area contributed by atoms with Gasteiger partial charge in [-0.1, -0.05) is 133 Å². The summed E-state index contributed by atoms with van der Waals surface area (Å²) >= 11 is 0. The van der Waals surface area contributed by atoms with Gasteiger partial charge >= 0.3 is 0 Å². The molecule has 51 heavy (non-hydrogen) atoms. The highest BCUT2D eigenvalue weighted by molar-refractivity contribution is 6.14. The Bertz CT molecular complexity index is 2950. The molecular weight excluding hydrogens is 623 g/mol. The molecule has 0 radical (unpaired) electrons. The van der Waals surface area contributed by atoms with Crippen molar-refractivity contribution in [3.63, 3.8) is 0 Å². The second-order valence-electron chi connectivity index (χ2n) is 13.5. The predicted octanol–water partition coefficient (Wildman–Crippen LogP) is 12.2. The zero-order valence-corrected chi connectivity index (χ0v) is 27.5. The van der Waals surface area contributed by atoms with Crippen LogP contribution in [0.4, 0.5) is 0 Å². The summed E-state index contributed by atoms with van der Waals surface area (Å²) in [5.74, 6) is 2.33. The first-order chi connectivity index (χ1) is 25.3. The van der Waals surface area contributed by atoms with Gasteiger partial charge in [-0.2, -0.15) is 0 Å². The molecule has 1 atom stereocenters. The highest BCUT2D eigenvalue weighted by Crippen LogP contribution is 2.51. The number of rotatable bonds is 4. The lowest BCUT2D eigenvalue weighted by atomic mass is 9.89. The summed E-state index contributed by atoms with van der Waals surface area (Å²) in [6, 6.07) is 49.0. The van der Waals surface area contributed by atoms with Crippen LogP contribution in [0.1, 0.15) is 23.5 Å². The van der Waals surface area contributed by atoms with Crippen LogP contribution in [0.3, 0.4) is 0 Å². The molecule has 7 aromatic carbocycles. The normalized spacial score (nSPS) is 14.8. The van der Waals surface area contributed by atoms with Crippen molar-refractivity contribution in [2.24, 2.45) is 0 Å². The molecule has 0 spiro atoms. The van der Waals surface area contributed by atoms with Gasteiger partial charge in [0, 0.05) is 33.4 Å². The van der Waals surface area contributed by atoms with Gasteiger partial charge in [-0.3, -0.25) is 0 Å². The van der Waals surface area contributed by atoms with E-state index in [9.17, 15) is 0 Å². The van der Waals surface area contributed by atoms with E-state index in [-0.39, 0.29) is 0 Å². The monoisotopic (exact) mass is 651 g/mol. The number of allylic oxidation sites excluding steroid dienone is 4. The molecule has 4 nitrogen and oxygen atoms in total. The number of hydrogen-bond donors (Lipinski definition) is 0. The molecular formula is C47H29N3O. The largest absolute Gasteiger partial charge is 0.456 e. The summed E-state index contributed by atoms with van der Waals surface area (Å²) in [5.41, 5.74) is 11.0. The van der Waals surface area contributed by atoms with Crippen LogP contribution < -0.4 is 0 Å². The number of hydrogen-bond acceptors (Lipinski definition) is 4. The molecule has 1 unspecified atom stereocenters. The lowest BCUT2D eigenvalue weighted by Gasteiger charge is -2.15. The molecule has 2 aromatic heterocycles. The molecule has 0 bridgehead atoms. The van der Waals surface area contributed by atoms with Crippen molar-refractivity contribution in [1.29, 1.82) is 0 Å². The Morgan fingerprint density at radius 2 is 1.27 bits per heavy atom. The van der Waals surface area contributed by atoms with E-state index < -0.39 is 0 Å². The van der Waals surface area contributed by atoms with E-state index in [1.54, 1.807) is 0 Å². The summed E-state index contributed by atoms with van der Waals surface area (Å²) < 4.78 is 6.62. The molecule has 2 heterocycles. The Morgan fingerprint density at radius 3 is 2.20 bits per heavy atom. The van der Waals surface area contributed by atoms with Gasteiger partial charge in [0.15, 0.2) is 17.5 Å². The molecule has 0 aliphatic heterocycles. The van der Waals surface area contributed by atoms with Crippen molar-refractivity contribution in [2.45, 2.75) is 12.3 Å². The Kier molecular flexibility index (Phi) is 6.05. The Hall–Kier alpha value is -6.65. The van der Waals surface area contributed by atoms with Crippen molar-refractivity contribution in [2.75, 3.05) is 0 Å². The van der Waals surface area contributed by atoms with Gasteiger partial charge in [-0.25, -0.2) is 15.0 Å². The van der Waals surface area contributed by atoms with Gasteiger partial charge in [-0.15, -0.1) is 0 Å². The van der Waals surface area contributed by atoms with Crippen molar-refractivity contribution in [3.05, 3.63) is 169 Å². The van der Waals surface area contributed by atoms with Gasteiger partial charge in [0.05, 0.1) is 0 Å². The van der Waals surface area contributed by atoms with Gasteiger partial charge in [0.2, 0.25) is 0 Å². The number of furan rings is 1. The Morgan fingerprint density at radius 1 is 0.490 bits per heavy atom. The number of aromatic nitrogens is 3. The number of fused-ring (bicyclic) bond motifs is 7. The average Bonchev–Trinajstić information content (AvgIpc) is 3.74. The summed E-state index contributed by atoms with van der Waals surface area (Å²) in [6.07, 6.45) is 7.83. The van der Waals surface area contributed by atoms with Crippen LogP contribution in [0, 0.1) is 0 Å². The van der Waals surface area contributed by atoms with Crippen LogP contribution in [0.2, 0.25) is 0 Å². The van der Waals surface area contributed by atoms with Crippen LogP contribution in [0.5, 0.6) is 0 Å².